The van der Waals surface area contributed by atoms with Crippen molar-refractivity contribution in [3.8, 4) is 0 Å². The minimum Gasteiger partial charge on any atom is -0.375 e. The molecule has 1 saturated carbocycles. The number of hydrogen-bond acceptors (Lipinski definition) is 4. The van der Waals surface area contributed by atoms with E-state index in [0.29, 0.717) is 19.2 Å². The van der Waals surface area contributed by atoms with Gasteiger partial charge in [0.15, 0.2) is 0 Å². The van der Waals surface area contributed by atoms with Gasteiger partial charge in [0.25, 0.3) is 5.91 Å². The molecular weight excluding hydrogens is 312 g/mol. The Balaban J connectivity index is 1.48. The summed E-state index contributed by atoms with van der Waals surface area (Å²) in [5.74, 6) is -0.136. The van der Waals surface area contributed by atoms with Crippen molar-refractivity contribution in [2.45, 2.75) is 50.3 Å². The van der Waals surface area contributed by atoms with Crippen LogP contribution in [0.2, 0.25) is 0 Å². The maximum absolute atomic E-state index is 12.7. The molecule has 124 valence electrons. The molecule has 3 aliphatic rings. The molecule has 0 spiro atoms. The lowest BCUT2D eigenvalue weighted by Crippen LogP contribution is -2.42. The summed E-state index contributed by atoms with van der Waals surface area (Å²) in [6.45, 7) is 1.11. The molecule has 1 aliphatic carbocycles. The number of rotatable bonds is 3. The Morgan fingerprint density at radius 2 is 2.09 bits per heavy atom. The van der Waals surface area contributed by atoms with Gasteiger partial charge in [0.05, 0.1) is 23.6 Å². The molecule has 0 unspecified atom stereocenters. The second kappa shape index (κ2) is 6.24. The SMILES string of the molecule is O=C(NC1CCCC1)[C@@H]1CN(C(=O)c2ccsc2)[C@@H]2CCO[C@@H]21. The van der Waals surface area contributed by atoms with Gasteiger partial charge in [0.2, 0.25) is 5.91 Å². The summed E-state index contributed by atoms with van der Waals surface area (Å²) in [5, 5.41) is 6.96. The minimum absolute atomic E-state index is 0.0305. The van der Waals surface area contributed by atoms with Gasteiger partial charge in [0.1, 0.15) is 0 Å². The number of thiophene rings is 1. The standard InChI is InChI=1S/C17H22N2O3S/c20-16(18-12-3-1-2-4-12)13-9-19(14-5-7-22-15(13)14)17(21)11-6-8-23-10-11/h6,8,10,12-15H,1-5,7,9H2,(H,18,20)/t13-,14-,15-/m1/s1. The molecule has 1 aromatic rings. The van der Waals surface area contributed by atoms with E-state index in [0.717, 1.165) is 24.8 Å². The summed E-state index contributed by atoms with van der Waals surface area (Å²) >= 11 is 1.52. The fourth-order valence-corrected chi connectivity index (χ4v) is 4.79. The molecule has 23 heavy (non-hydrogen) atoms. The van der Waals surface area contributed by atoms with Gasteiger partial charge in [0, 0.05) is 24.6 Å². The Morgan fingerprint density at radius 1 is 1.26 bits per heavy atom. The van der Waals surface area contributed by atoms with Crippen molar-refractivity contribution in [3.63, 3.8) is 0 Å². The van der Waals surface area contributed by atoms with Crippen molar-refractivity contribution in [1.82, 2.24) is 10.2 Å². The number of likely N-dealkylation sites (tertiary alicyclic amines) is 1. The zero-order chi connectivity index (χ0) is 15.8. The van der Waals surface area contributed by atoms with Gasteiger partial charge >= 0.3 is 0 Å². The number of carbonyl (C=O) groups excluding carboxylic acids is 2. The van der Waals surface area contributed by atoms with Crippen LogP contribution in [0.3, 0.4) is 0 Å². The number of ether oxygens (including phenoxy) is 1. The van der Waals surface area contributed by atoms with Crippen LogP contribution in [0.4, 0.5) is 0 Å². The van der Waals surface area contributed by atoms with Crippen LogP contribution in [-0.4, -0.2) is 48.1 Å². The van der Waals surface area contributed by atoms with E-state index in [1.165, 1.54) is 24.2 Å². The molecule has 3 atom stereocenters. The van der Waals surface area contributed by atoms with Crippen LogP contribution in [-0.2, 0) is 9.53 Å². The third kappa shape index (κ3) is 2.78. The average Bonchev–Trinajstić information content (AvgIpc) is 3.30. The van der Waals surface area contributed by atoms with E-state index in [1.807, 2.05) is 21.7 Å². The lowest BCUT2D eigenvalue weighted by molar-refractivity contribution is -0.128. The van der Waals surface area contributed by atoms with Crippen LogP contribution in [0, 0.1) is 5.92 Å². The van der Waals surface area contributed by atoms with E-state index >= 15 is 0 Å². The first-order valence-corrected chi connectivity index (χ1v) is 9.43. The van der Waals surface area contributed by atoms with Gasteiger partial charge in [-0.25, -0.2) is 0 Å². The normalized spacial score (nSPS) is 30.6. The van der Waals surface area contributed by atoms with Crippen molar-refractivity contribution in [1.29, 1.82) is 0 Å². The number of amides is 2. The number of carbonyl (C=O) groups is 2. The molecule has 2 aliphatic heterocycles. The molecular formula is C17H22N2O3S. The lowest BCUT2D eigenvalue weighted by Gasteiger charge is -2.22. The Bertz CT molecular complexity index is 583. The Hall–Kier alpha value is -1.40. The van der Waals surface area contributed by atoms with Crippen molar-refractivity contribution in [2.24, 2.45) is 5.92 Å². The highest BCUT2D eigenvalue weighted by Crippen LogP contribution is 2.35. The molecule has 6 heteroatoms. The van der Waals surface area contributed by atoms with Crippen LogP contribution < -0.4 is 5.32 Å². The summed E-state index contributed by atoms with van der Waals surface area (Å²) < 4.78 is 5.82. The molecule has 1 N–H and O–H groups in total. The fourth-order valence-electron chi connectivity index (χ4n) is 4.16. The molecule has 2 amide bonds. The van der Waals surface area contributed by atoms with Gasteiger partial charge in [-0.2, -0.15) is 11.3 Å². The van der Waals surface area contributed by atoms with Crippen LogP contribution in [0.1, 0.15) is 42.5 Å². The zero-order valence-corrected chi connectivity index (χ0v) is 13.9. The average molecular weight is 334 g/mol. The Morgan fingerprint density at radius 3 is 2.83 bits per heavy atom. The van der Waals surface area contributed by atoms with E-state index in [2.05, 4.69) is 5.32 Å². The number of fused-ring (bicyclic) bond motifs is 1. The molecule has 5 nitrogen and oxygen atoms in total. The van der Waals surface area contributed by atoms with Gasteiger partial charge in [-0.3, -0.25) is 9.59 Å². The first-order chi connectivity index (χ1) is 11.2. The van der Waals surface area contributed by atoms with Crippen molar-refractivity contribution in [2.75, 3.05) is 13.2 Å². The molecule has 0 radical (unpaired) electrons. The lowest BCUT2D eigenvalue weighted by atomic mass is 10.0. The van der Waals surface area contributed by atoms with E-state index in [9.17, 15) is 9.59 Å². The van der Waals surface area contributed by atoms with Crippen molar-refractivity contribution in [3.05, 3.63) is 22.4 Å². The predicted molar refractivity (Wildman–Crippen MR) is 87.4 cm³/mol. The highest BCUT2D eigenvalue weighted by Gasteiger charge is 2.50. The molecule has 3 fully saturated rings. The van der Waals surface area contributed by atoms with Crippen molar-refractivity contribution < 1.29 is 14.3 Å². The predicted octanol–water partition coefficient (Wildman–Crippen LogP) is 2.04. The molecule has 2 saturated heterocycles. The zero-order valence-electron chi connectivity index (χ0n) is 13.1. The summed E-state index contributed by atoms with van der Waals surface area (Å²) in [5.41, 5.74) is 0.720. The summed E-state index contributed by atoms with van der Waals surface area (Å²) in [4.78, 5) is 27.2. The Labute approximate surface area is 140 Å². The van der Waals surface area contributed by atoms with Crippen LogP contribution >= 0.6 is 11.3 Å². The first kappa shape index (κ1) is 15.1. The molecule has 0 bridgehead atoms. The van der Waals surface area contributed by atoms with Gasteiger partial charge in [-0.1, -0.05) is 12.8 Å². The summed E-state index contributed by atoms with van der Waals surface area (Å²) in [7, 11) is 0. The van der Waals surface area contributed by atoms with Crippen LogP contribution in [0.25, 0.3) is 0 Å². The quantitative estimate of drug-likeness (QED) is 0.920. The number of hydrogen-bond donors (Lipinski definition) is 1. The van der Waals surface area contributed by atoms with Crippen molar-refractivity contribution >= 4 is 23.2 Å². The summed E-state index contributed by atoms with van der Waals surface area (Å²) in [6.07, 6.45) is 5.23. The topological polar surface area (TPSA) is 58.6 Å². The maximum atomic E-state index is 12.7. The third-order valence-corrected chi connectivity index (χ3v) is 6.04. The van der Waals surface area contributed by atoms with Crippen LogP contribution in [0.15, 0.2) is 16.8 Å². The summed E-state index contributed by atoms with van der Waals surface area (Å²) in [6, 6.07) is 2.20. The van der Waals surface area contributed by atoms with E-state index in [1.54, 1.807) is 0 Å². The second-order valence-electron chi connectivity index (χ2n) is 6.76. The molecule has 1 aromatic heterocycles. The van der Waals surface area contributed by atoms with E-state index in [-0.39, 0.29) is 29.9 Å². The highest BCUT2D eigenvalue weighted by molar-refractivity contribution is 7.08. The van der Waals surface area contributed by atoms with Crippen LogP contribution in [0.5, 0.6) is 0 Å². The van der Waals surface area contributed by atoms with E-state index < -0.39 is 0 Å². The number of nitrogens with one attached hydrogen (secondary N) is 1. The molecule has 4 rings (SSSR count). The molecule has 0 aromatic carbocycles. The molecule has 3 heterocycles. The minimum atomic E-state index is -0.231. The first-order valence-electron chi connectivity index (χ1n) is 8.49. The second-order valence-corrected chi connectivity index (χ2v) is 7.54. The van der Waals surface area contributed by atoms with E-state index in [4.69, 9.17) is 4.74 Å². The third-order valence-electron chi connectivity index (χ3n) is 5.36. The van der Waals surface area contributed by atoms with Gasteiger partial charge in [-0.15, -0.1) is 0 Å². The van der Waals surface area contributed by atoms with Gasteiger partial charge < -0.3 is 15.0 Å². The smallest absolute Gasteiger partial charge is 0.255 e. The number of nitrogens with zero attached hydrogens (tertiary/aromatic N) is 1. The Kier molecular flexibility index (Phi) is 4.11. The highest BCUT2D eigenvalue weighted by atomic mass is 32.1. The maximum Gasteiger partial charge on any atom is 0.255 e. The largest absolute Gasteiger partial charge is 0.375 e. The van der Waals surface area contributed by atoms with Gasteiger partial charge in [-0.05, 0) is 30.7 Å². The monoisotopic (exact) mass is 334 g/mol. The fraction of sp³-hybridized carbons (Fsp3) is 0.647.